The van der Waals surface area contributed by atoms with Crippen LogP contribution in [0.3, 0.4) is 0 Å². The van der Waals surface area contributed by atoms with Crippen molar-refractivity contribution in [3.63, 3.8) is 0 Å². The minimum Gasteiger partial charge on any atom is -0.316 e. The molecule has 0 saturated carbocycles. The third-order valence-electron chi connectivity index (χ3n) is 5.10. The van der Waals surface area contributed by atoms with Gasteiger partial charge in [0.1, 0.15) is 5.78 Å². The number of ketones is 1. The standard InChI is InChI=1S/C18H26N6O/c1-3-4-15(12(2)25)16(18-21-23-24-22-18)9-13-5-6-17(20-10-13)14-7-8-19-11-14/h5-6,10,14-16,19H,3-4,7-9,11H2,1-2H3,(H,21,22,23,24)/t14?,15-,16+/m1/s1. The molecule has 1 unspecified atom stereocenters. The van der Waals surface area contributed by atoms with Crippen molar-refractivity contribution in [2.75, 3.05) is 13.1 Å². The van der Waals surface area contributed by atoms with Crippen LogP contribution in [0.2, 0.25) is 0 Å². The summed E-state index contributed by atoms with van der Waals surface area (Å²) in [7, 11) is 0. The van der Waals surface area contributed by atoms with Crippen molar-refractivity contribution in [1.29, 1.82) is 0 Å². The lowest BCUT2D eigenvalue weighted by molar-refractivity contribution is -0.121. The molecule has 1 fully saturated rings. The topological polar surface area (TPSA) is 96.5 Å². The van der Waals surface area contributed by atoms with Gasteiger partial charge in [-0.25, -0.2) is 5.10 Å². The average Bonchev–Trinajstić information content (AvgIpc) is 3.31. The molecule has 0 bridgehead atoms. The molecule has 134 valence electrons. The summed E-state index contributed by atoms with van der Waals surface area (Å²) in [4.78, 5) is 16.8. The van der Waals surface area contributed by atoms with E-state index < -0.39 is 0 Å². The Morgan fingerprint density at radius 3 is 2.84 bits per heavy atom. The first-order valence-electron chi connectivity index (χ1n) is 9.08. The summed E-state index contributed by atoms with van der Waals surface area (Å²) in [6, 6.07) is 4.24. The molecule has 2 N–H and O–H groups in total. The lowest BCUT2D eigenvalue weighted by Crippen LogP contribution is -2.23. The second-order valence-electron chi connectivity index (χ2n) is 6.88. The van der Waals surface area contributed by atoms with Crippen LogP contribution in [-0.2, 0) is 11.2 Å². The van der Waals surface area contributed by atoms with E-state index in [0.29, 0.717) is 18.2 Å². The zero-order chi connectivity index (χ0) is 17.6. The van der Waals surface area contributed by atoms with E-state index in [2.05, 4.69) is 50.0 Å². The van der Waals surface area contributed by atoms with Gasteiger partial charge in [0.2, 0.25) is 0 Å². The number of hydrogen-bond donors (Lipinski definition) is 2. The number of H-pyrrole nitrogens is 1. The van der Waals surface area contributed by atoms with Crippen LogP contribution in [-0.4, -0.2) is 44.5 Å². The van der Waals surface area contributed by atoms with Gasteiger partial charge in [-0.05, 0) is 54.8 Å². The summed E-state index contributed by atoms with van der Waals surface area (Å²) in [5, 5.41) is 17.7. The Kier molecular flexibility index (Phi) is 5.86. The molecule has 7 heteroatoms. The summed E-state index contributed by atoms with van der Waals surface area (Å²) >= 11 is 0. The Bertz CT molecular complexity index is 663. The Morgan fingerprint density at radius 1 is 1.40 bits per heavy atom. The van der Waals surface area contributed by atoms with Crippen molar-refractivity contribution < 1.29 is 4.79 Å². The van der Waals surface area contributed by atoms with Crippen molar-refractivity contribution in [2.45, 2.75) is 51.4 Å². The third-order valence-corrected chi connectivity index (χ3v) is 5.10. The number of aromatic amines is 1. The third kappa shape index (κ3) is 4.28. The number of aromatic nitrogens is 5. The van der Waals surface area contributed by atoms with E-state index in [-0.39, 0.29) is 17.6 Å². The molecule has 7 nitrogen and oxygen atoms in total. The summed E-state index contributed by atoms with van der Waals surface area (Å²) in [6.07, 6.45) is 5.57. The van der Waals surface area contributed by atoms with Crippen LogP contribution in [0, 0.1) is 5.92 Å². The zero-order valence-corrected chi connectivity index (χ0v) is 14.9. The maximum atomic E-state index is 12.2. The van der Waals surface area contributed by atoms with E-state index >= 15 is 0 Å². The molecular formula is C18H26N6O. The first-order chi connectivity index (χ1) is 12.2. The van der Waals surface area contributed by atoms with Crippen molar-refractivity contribution in [1.82, 2.24) is 30.9 Å². The first kappa shape index (κ1) is 17.7. The number of hydrogen-bond acceptors (Lipinski definition) is 6. The minimum absolute atomic E-state index is 0.0479. The number of tetrazole rings is 1. The van der Waals surface area contributed by atoms with Crippen molar-refractivity contribution in [2.24, 2.45) is 5.92 Å². The molecule has 0 radical (unpaired) electrons. The van der Waals surface area contributed by atoms with Gasteiger partial charge in [-0.15, -0.1) is 5.10 Å². The molecule has 3 atom stereocenters. The Balaban J connectivity index is 1.78. The maximum Gasteiger partial charge on any atom is 0.152 e. The van der Waals surface area contributed by atoms with Gasteiger partial charge >= 0.3 is 0 Å². The fraction of sp³-hybridized carbons (Fsp3) is 0.611. The summed E-state index contributed by atoms with van der Waals surface area (Å²) in [6.45, 7) is 5.82. The van der Waals surface area contributed by atoms with Crippen LogP contribution < -0.4 is 5.32 Å². The quantitative estimate of drug-likeness (QED) is 0.762. The molecule has 3 heterocycles. The van der Waals surface area contributed by atoms with E-state index in [0.717, 1.165) is 43.6 Å². The largest absolute Gasteiger partial charge is 0.316 e. The van der Waals surface area contributed by atoms with Gasteiger partial charge in [-0.2, -0.15) is 0 Å². The van der Waals surface area contributed by atoms with Gasteiger partial charge in [0, 0.05) is 36.2 Å². The van der Waals surface area contributed by atoms with E-state index in [1.54, 1.807) is 6.92 Å². The van der Waals surface area contributed by atoms with Crippen LogP contribution in [0.5, 0.6) is 0 Å². The fourth-order valence-electron chi connectivity index (χ4n) is 3.71. The number of rotatable bonds is 8. The number of nitrogens with zero attached hydrogens (tertiary/aromatic N) is 4. The summed E-state index contributed by atoms with van der Waals surface area (Å²) in [5.41, 5.74) is 2.25. The van der Waals surface area contributed by atoms with Gasteiger partial charge in [0.15, 0.2) is 5.82 Å². The van der Waals surface area contributed by atoms with E-state index in [4.69, 9.17) is 0 Å². The number of carbonyl (C=O) groups excluding carboxylic acids is 1. The molecule has 3 rings (SSSR count). The molecule has 0 aliphatic carbocycles. The molecular weight excluding hydrogens is 316 g/mol. The van der Waals surface area contributed by atoms with Gasteiger partial charge in [-0.1, -0.05) is 19.4 Å². The molecule has 1 aliphatic rings. The number of carbonyl (C=O) groups is 1. The van der Waals surface area contributed by atoms with Crippen LogP contribution in [0.25, 0.3) is 0 Å². The highest BCUT2D eigenvalue weighted by atomic mass is 16.1. The Hall–Kier alpha value is -2.15. The molecule has 0 spiro atoms. The SMILES string of the molecule is CCC[C@H](C(C)=O)[C@H](Cc1ccc(C2CCNC2)nc1)c1nnn[nH]1. The fourth-order valence-corrected chi connectivity index (χ4v) is 3.71. The number of Topliss-reactive ketones (excluding diaryl/α,β-unsaturated/α-hetero) is 1. The highest BCUT2D eigenvalue weighted by molar-refractivity contribution is 5.79. The highest BCUT2D eigenvalue weighted by Crippen LogP contribution is 2.30. The maximum absolute atomic E-state index is 12.2. The van der Waals surface area contributed by atoms with E-state index in [9.17, 15) is 4.79 Å². The minimum atomic E-state index is -0.0848. The first-order valence-corrected chi connectivity index (χ1v) is 9.08. The van der Waals surface area contributed by atoms with E-state index in [1.165, 1.54) is 0 Å². The smallest absolute Gasteiger partial charge is 0.152 e. The van der Waals surface area contributed by atoms with Crippen LogP contribution >= 0.6 is 0 Å². The van der Waals surface area contributed by atoms with Crippen molar-refractivity contribution >= 4 is 5.78 Å². The zero-order valence-electron chi connectivity index (χ0n) is 14.9. The van der Waals surface area contributed by atoms with Crippen LogP contribution in [0.15, 0.2) is 18.3 Å². The van der Waals surface area contributed by atoms with Crippen molar-refractivity contribution in [3.8, 4) is 0 Å². The molecule has 1 saturated heterocycles. The lowest BCUT2D eigenvalue weighted by atomic mass is 9.81. The van der Waals surface area contributed by atoms with Gasteiger partial charge in [-0.3, -0.25) is 9.78 Å². The second kappa shape index (κ2) is 8.29. The molecule has 2 aromatic heterocycles. The number of nitrogens with one attached hydrogen (secondary N) is 2. The average molecular weight is 342 g/mol. The molecule has 2 aromatic rings. The highest BCUT2D eigenvalue weighted by Gasteiger charge is 2.29. The van der Waals surface area contributed by atoms with Crippen molar-refractivity contribution in [3.05, 3.63) is 35.4 Å². The number of pyridine rings is 1. The molecule has 0 amide bonds. The second-order valence-corrected chi connectivity index (χ2v) is 6.88. The molecule has 25 heavy (non-hydrogen) atoms. The van der Waals surface area contributed by atoms with Gasteiger partial charge < -0.3 is 5.32 Å². The predicted octanol–water partition coefficient (Wildman–Crippen LogP) is 2.00. The molecule has 1 aliphatic heterocycles. The Labute approximate surface area is 148 Å². The molecule has 0 aromatic carbocycles. The summed E-state index contributed by atoms with van der Waals surface area (Å²) < 4.78 is 0. The normalized spacial score (nSPS) is 19.7. The van der Waals surface area contributed by atoms with E-state index in [1.807, 2.05) is 6.20 Å². The monoisotopic (exact) mass is 342 g/mol. The predicted molar refractivity (Wildman–Crippen MR) is 94.2 cm³/mol. The van der Waals surface area contributed by atoms with Crippen LogP contribution in [0.1, 0.15) is 62.0 Å². The van der Waals surface area contributed by atoms with Gasteiger partial charge in [0.05, 0.1) is 0 Å². The van der Waals surface area contributed by atoms with Crippen LogP contribution in [0.4, 0.5) is 0 Å². The summed E-state index contributed by atoms with van der Waals surface area (Å²) in [5.74, 6) is 1.24. The lowest BCUT2D eigenvalue weighted by Gasteiger charge is -2.22. The van der Waals surface area contributed by atoms with Gasteiger partial charge in [0.25, 0.3) is 0 Å². The Morgan fingerprint density at radius 2 is 2.28 bits per heavy atom.